The second-order valence-electron chi connectivity index (χ2n) is 5.01. The quantitative estimate of drug-likeness (QED) is 0.718. The van der Waals surface area contributed by atoms with Gasteiger partial charge in [0, 0.05) is 25.7 Å². The Morgan fingerprint density at radius 3 is 2.08 bits per heavy atom. The first-order chi connectivity index (χ1) is 6.06. The lowest BCUT2D eigenvalue weighted by Crippen LogP contribution is -2.57. The fraction of sp³-hybridized carbons (Fsp3) is 1.00. The highest BCUT2D eigenvalue weighted by Gasteiger charge is 2.34. The van der Waals surface area contributed by atoms with E-state index in [-0.39, 0.29) is 0 Å². The van der Waals surface area contributed by atoms with Gasteiger partial charge in [0.2, 0.25) is 0 Å². The zero-order chi connectivity index (χ0) is 10.0. The SMILES string of the molecule is CC(C)C1CN(C(CN)C(C)C)C1. The summed E-state index contributed by atoms with van der Waals surface area (Å²) in [6, 6.07) is 0.606. The smallest absolute Gasteiger partial charge is 0.0241 e. The summed E-state index contributed by atoms with van der Waals surface area (Å²) in [4.78, 5) is 2.54. The molecule has 1 rings (SSSR count). The van der Waals surface area contributed by atoms with Gasteiger partial charge < -0.3 is 5.73 Å². The van der Waals surface area contributed by atoms with Gasteiger partial charge in [-0.15, -0.1) is 0 Å². The van der Waals surface area contributed by atoms with Crippen molar-refractivity contribution in [3.05, 3.63) is 0 Å². The van der Waals surface area contributed by atoms with E-state index in [1.54, 1.807) is 0 Å². The van der Waals surface area contributed by atoms with E-state index in [1.807, 2.05) is 0 Å². The number of hydrogen-bond donors (Lipinski definition) is 1. The summed E-state index contributed by atoms with van der Waals surface area (Å²) in [7, 11) is 0. The van der Waals surface area contributed by atoms with Crippen LogP contribution in [0.4, 0.5) is 0 Å². The van der Waals surface area contributed by atoms with Crippen LogP contribution in [0.3, 0.4) is 0 Å². The van der Waals surface area contributed by atoms with E-state index in [4.69, 9.17) is 5.73 Å². The van der Waals surface area contributed by atoms with E-state index in [1.165, 1.54) is 13.1 Å². The van der Waals surface area contributed by atoms with Gasteiger partial charge >= 0.3 is 0 Å². The summed E-state index contributed by atoms with van der Waals surface area (Å²) in [5.74, 6) is 2.44. The highest BCUT2D eigenvalue weighted by atomic mass is 15.2. The van der Waals surface area contributed by atoms with Crippen molar-refractivity contribution in [1.29, 1.82) is 0 Å². The van der Waals surface area contributed by atoms with Crippen molar-refractivity contribution >= 4 is 0 Å². The van der Waals surface area contributed by atoms with Gasteiger partial charge in [0.1, 0.15) is 0 Å². The summed E-state index contributed by atoms with van der Waals surface area (Å²) < 4.78 is 0. The molecule has 1 atom stereocenters. The second-order valence-corrected chi connectivity index (χ2v) is 5.01. The lowest BCUT2D eigenvalue weighted by molar-refractivity contribution is 0.0136. The maximum atomic E-state index is 5.76. The van der Waals surface area contributed by atoms with Gasteiger partial charge in [-0.05, 0) is 17.8 Å². The van der Waals surface area contributed by atoms with Gasteiger partial charge in [-0.2, -0.15) is 0 Å². The minimum Gasteiger partial charge on any atom is -0.329 e. The molecule has 2 heteroatoms. The molecule has 13 heavy (non-hydrogen) atoms. The van der Waals surface area contributed by atoms with Crippen LogP contribution in [-0.4, -0.2) is 30.6 Å². The summed E-state index contributed by atoms with van der Waals surface area (Å²) in [5, 5.41) is 0. The fourth-order valence-corrected chi connectivity index (χ4v) is 2.08. The number of hydrogen-bond acceptors (Lipinski definition) is 2. The van der Waals surface area contributed by atoms with Gasteiger partial charge in [-0.25, -0.2) is 0 Å². The van der Waals surface area contributed by atoms with Crippen LogP contribution < -0.4 is 5.73 Å². The third kappa shape index (κ3) is 2.44. The van der Waals surface area contributed by atoms with Crippen molar-refractivity contribution in [2.24, 2.45) is 23.5 Å². The zero-order valence-electron chi connectivity index (χ0n) is 9.46. The van der Waals surface area contributed by atoms with E-state index in [0.29, 0.717) is 12.0 Å². The van der Waals surface area contributed by atoms with Crippen LogP contribution in [0.2, 0.25) is 0 Å². The molecule has 2 nitrogen and oxygen atoms in total. The molecule has 0 amide bonds. The molecule has 0 radical (unpaired) electrons. The first kappa shape index (κ1) is 11.0. The van der Waals surface area contributed by atoms with E-state index >= 15 is 0 Å². The molecular formula is C11H24N2. The third-order valence-electron chi connectivity index (χ3n) is 3.36. The first-order valence-corrected chi connectivity index (χ1v) is 5.50. The van der Waals surface area contributed by atoms with Crippen molar-refractivity contribution in [2.45, 2.75) is 33.7 Å². The molecule has 1 fully saturated rings. The Labute approximate surface area is 82.5 Å². The molecule has 1 aliphatic heterocycles. The zero-order valence-corrected chi connectivity index (χ0v) is 9.46. The molecule has 1 unspecified atom stereocenters. The summed E-state index contributed by atoms with van der Waals surface area (Å²) in [6.45, 7) is 12.5. The molecule has 78 valence electrons. The summed E-state index contributed by atoms with van der Waals surface area (Å²) in [6.07, 6.45) is 0. The average molecular weight is 184 g/mol. The maximum Gasteiger partial charge on any atom is 0.0241 e. The van der Waals surface area contributed by atoms with E-state index < -0.39 is 0 Å². The van der Waals surface area contributed by atoms with Crippen LogP contribution in [0.25, 0.3) is 0 Å². The molecule has 0 aromatic carbocycles. The molecule has 0 aromatic heterocycles. The van der Waals surface area contributed by atoms with Crippen molar-refractivity contribution in [3.8, 4) is 0 Å². The summed E-state index contributed by atoms with van der Waals surface area (Å²) >= 11 is 0. The Morgan fingerprint density at radius 1 is 1.23 bits per heavy atom. The van der Waals surface area contributed by atoms with E-state index in [2.05, 4.69) is 32.6 Å². The topological polar surface area (TPSA) is 29.3 Å². The maximum absolute atomic E-state index is 5.76. The van der Waals surface area contributed by atoms with Crippen molar-refractivity contribution < 1.29 is 0 Å². The molecule has 0 aromatic rings. The molecule has 0 saturated carbocycles. The van der Waals surface area contributed by atoms with E-state index in [0.717, 1.165) is 18.4 Å². The third-order valence-corrected chi connectivity index (χ3v) is 3.36. The predicted octanol–water partition coefficient (Wildman–Crippen LogP) is 1.56. The van der Waals surface area contributed by atoms with Gasteiger partial charge in [0.25, 0.3) is 0 Å². The standard InChI is InChI=1S/C11H24N2/c1-8(2)10-6-13(7-10)11(5-12)9(3)4/h8-11H,5-7,12H2,1-4H3. The van der Waals surface area contributed by atoms with Crippen molar-refractivity contribution in [1.82, 2.24) is 4.90 Å². The van der Waals surface area contributed by atoms with Crippen LogP contribution in [0.1, 0.15) is 27.7 Å². The Kier molecular flexibility index (Phi) is 3.74. The highest BCUT2D eigenvalue weighted by molar-refractivity contribution is 4.88. The Bertz CT molecular complexity index is 148. The molecule has 0 bridgehead atoms. The van der Waals surface area contributed by atoms with Crippen LogP contribution >= 0.6 is 0 Å². The molecule has 0 aliphatic carbocycles. The highest BCUT2D eigenvalue weighted by Crippen LogP contribution is 2.27. The monoisotopic (exact) mass is 184 g/mol. The predicted molar refractivity (Wildman–Crippen MR) is 57.6 cm³/mol. The normalized spacial score (nSPS) is 22.4. The molecule has 1 saturated heterocycles. The number of rotatable bonds is 4. The van der Waals surface area contributed by atoms with Crippen LogP contribution in [0, 0.1) is 17.8 Å². The summed E-state index contributed by atoms with van der Waals surface area (Å²) in [5.41, 5.74) is 5.76. The van der Waals surface area contributed by atoms with Gasteiger partial charge in [-0.1, -0.05) is 27.7 Å². The molecule has 1 aliphatic rings. The van der Waals surface area contributed by atoms with Crippen LogP contribution in [-0.2, 0) is 0 Å². The molecule has 2 N–H and O–H groups in total. The first-order valence-electron chi connectivity index (χ1n) is 5.50. The lowest BCUT2D eigenvalue weighted by atomic mass is 9.85. The minimum atomic E-state index is 0.606. The number of nitrogens with two attached hydrogens (primary N) is 1. The molecule has 1 heterocycles. The van der Waals surface area contributed by atoms with Crippen LogP contribution in [0.15, 0.2) is 0 Å². The number of nitrogens with zero attached hydrogens (tertiary/aromatic N) is 1. The molecular weight excluding hydrogens is 160 g/mol. The van der Waals surface area contributed by atoms with Crippen molar-refractivity contribution in [3.63, 3.8) is 0 Å². The van der Waals surface area contributed by atoms with Crippen molar-refractivity contribution in [2.75, 3.05) is 19.6 Å². The Hall–Kier alpha value is -0.0800. The Balaban J connectivity index is 2.32. The second kappa shape index (κ2) is 4.43. The Morgan fingerprint density at radius 2 is 1.77 bits per heavy atom. The fourth-order valence-electron chi connectivity index (χ4n) is 2.08. The minimum absolute atomic E-state index is 0.606. The van der Waals surface area contributed by atoms with Gasteiger partial charge in [0.05, 0.1) is 0 Å². The van der Waals surface area contributed by atoms with Gasteiger partial charge in [-0.3, -0.25) is 4.90 Å². The average Bonchev–Trinajstić information content (AvgIpc) is 1.93. The largest absolute Gasteiger partial charge is 0.329 e. The number of likely N-dealkylation sites (tertiary alicyclic amines) is 1. The van der Waals surface area contributed by atoms with Gasteiger partial charge in [0.15, 0.2) is 0 Å². The lowest BCUT2D eigenvalue weighted by Gasteiger charge is -2.47. The van der Waals surface area contributed by atoms with Crippen LogP contribution in [0.5, 0.6) is 0 Å². The van der Waals surface area contributed by atoms with E-state index in [9.17, 15) is 0 Å². The molecule has 0 spiro atoms.